The number of anilines is 2. The molecule has 1 amide bonds. The van der Waals surface area contributed by atoms with Crippen LogP contribution in [0.4, 0.5) is 11.8 Å². The maximum absolute atomic E-state index is 13.8. The van der Waals surface area contributed by atoms with Crippen LogP contribution in [-0.4, -0.2) is 43.2 Å². The lowest BCUT2D eigenvalue weighted by molar-refractivity contribution is -0.132. The van der Waals surface area contributed by atoms with E-state index < -0.39 is 5.41 Å². The van der Waals surface area contributed by atoms with Gasteiger partial charge >= 0.3 is 0 Å². The molecule has 0 bridgehead atoms. The zero-order chi connectivity index (χ0) is 28.3. The van der Waals surface area contributed by atoms with E-state index in [1.54, 1.807) is 38.5 Å². The summed E-state index contributed by atoms with van der Waals surface area (Å²) in [5.41, 5.74) is 8.43. The number of nitrogens with zero attached hydrogens (tertiary/aromatic N) is 3. The zero-order valence-corrected chi connectivity index (χ0v) is 23.9. The molecule has 10 heteroatoms. The molecular weight excluding hydrogens is 549 g/mol. The minimum atomic E-state index is -0.590. The molecule has 2 heterocycles. The Kier molecular flexibility index (Phi) is 8.19. The van der Waals surface area contributed by atoms with Crippen molar-refractivity contribution in [1.82, 2.24) is 15.3 Å². The van der Waals surface area contributed by atoms with Crippen molar-refractivity contribution in [3.63, 3.8) is 0 Å². The summed E-state index contributed by atoms with van der Waals surface area (Å²) in [6.45, 7) is 1.57. The number of hydrogen-bond donors (Lipinski definition) is 2. The Morgan fingerprint density at radius 2 is 1.65 bits per heavy atom. The Morgan fingerprint density at radius 1 is 0.950 bits per heavy atom. The summed E-state index contributed by atoms with van der Waals surface area (Å²) in [7, 11) is 3.16. The molecule has 1 aromatic heterocycles. The molecule has 0 spiro atoms. The van der Waals surface area contributed by atoms with Crippen LogP contribution in [0.3, 0.4) is 0 Å². The quantitative estimate of drug-likeness (QED) is 0.276. The number of carbonyl (C=O) groups is 1. The predicted molar refractivity (Wildman–Crippen MR) is 159 cm³/mol. The van der Waals surface area contributed by atoms with Gasteiger partial charge in [-0.15, -0.1) is 0 Å². The zero-order valence-electron chi connectivity index (χ0n) is 22.4. The number of nitrogens with two attached hydrogens (primary N) is 1. The molecule has 208 valence electrons. The lowest BCUT2D eigenvalue weighted by Crippen LogP contribution is -2.50. The van der Waals surface area contributed by atoms with Crippen LogP contribution in [0.15, 0.2) is 60.7 Å². The van der Waals surface area contributed by atoms with Crippen molar-refractivity contribution < 1.29 is 14.3 Å². The van der Waals surface area contributed by atoms with Crippen molar-refractivity contribution in [2.24, 2.45) is 5.41 Å². The van der Waals surface area contributed by atoms with Gasteiger partial charge in [-0.05, 0) is 48.6 Å². The van der Waals surface area contributed by atoms with Crippen molar-refractivity contribution in [2.75, 3.05) is 37.9 Å². The second-order valence-electron chi connectivity index (χ2n) is 9.99. The molecule has 1 aliphatic heterocycles. The number of benzene rings is 3. The third-order valence-corrected chi connectivity index (χ3v) is 8.27. The van der Waals surface area contributed by atoms with Gasteiger partial charge in [-0.25, -0.2) is 4.98 Å². The second kappa shape index (κ2) is 11.8. The van der Waals surface area contributed by atoms with Crippen molar-refractivity contribution in [3.05, 3.63) is 81.8 Å². The maximum atomic E-state index is 13.8. The highest BCUT2D eigenvalue weighted by Gasteiger charge is 2.42. The Balaban J connectivity index is 1.37. The highest BCUT2D eigenvalue weighted by atomic mass is 35.5. The van der Waals surface area contributed by atoms with Crippen molar-refractivity contribution in [2.45, 2.75) is 25.8 Å². The van der Waals surface area contributed by atoms with E-state index in [2.05, 4.69) is 27.3 Å². The minimum absolute atomic E-state index is 0.0119. The first-order valence-electron chi connectivity index (χ1n) is 13.0. The van der Waals surface area contributed by atoms with Crippen LogP contribution in [-0.2, 0) is 17.8 Å². The Labute approximate surface area is 243 Å². The maximum Gasteiger partial charge on any atom is 0.227 e. The summed E-state index contributed by atoms with van der Waals surface area (Å²) in [5.74, 6) is 2.04. The van der Waals surface area contributed by atoms with Crippen LogP contribution < -0.4 is 25.4 Å². The summed E-state index contributed by atoms with van der Waals surface area (Å²) >= 11 is 12.2. The van der Waals surface area contributed by atoms with E-state index in [0.29, 0.717) is 83.1 Å². The molecule has 1 saturated heterocycles. The molecule has 0 aliphatic carbocycles. The van der Waals surface area contributed by atoms with Crippen LogP contribution in [0.25, 0.3) is 10.9 Å². The van der Waals surface area contributed by atoms with Crippen LogP contribution in [0.2, 0.25) is 10.0 Å². The number of nitrogen functional groups attached to an aromatic ring is 1. The standard InChI is InChI=1S/C30H31Cl2N5O3/c1-39-25-15-21-24(16-26(25)40-2)35-29(36-27(21)33)37-12-10-30(11-13-37,17-19-6-4-3-5-7-19)28(38)34-18-20-8-9-22(31)23(32)14-20/h3-9,14-16H,10-13,17-18H2,1-2H3,(H,34,38)(H2,33,35,36). The lowest BCUT2D eigenvalue weighted by Gasteiger charge is -2.41. The first kappa shape index (κ1) is 27.8. The Morgan fingerprint density at radius 3 is 2.33 bits per heavy atom. The average molecular weight is 581 g/mol. The van der Waals surface area contributed by atoms with Crippen LogP contribution in [0.5, 0.6) is 11.5 Å². The molecule has 1 fully saturated rings. The number of ether oxygens (including phenoxy) is 2. The number of carbonyl (C=O) groups excluding carboxylic acids is 1. The molecular formula is C30H31Cl2N5O3. The molecule has 0 radical (unpaired) electrons. The van der Waals surface area contributed by atoms with E-state index in [-0.39, 0.29) is 5.91 Å². The van der Waals surface area contributed by atoms with Gasteiger partial charge < -0.3 is 25.4 Å². The number of piperidine rings is 1. The lowest BCUT2D eigenvalue weighted by atomic mass is 9.73. The van der Waals surface area contributed by atoms with E-state index >= 15 is 0 Å². The molecule has 40 heavy (non-hydrogen) atoms. The fourth-order valence-corrected chi connectivity index (χ4v) is 5.55. The Bertz CT molecular complexity index is 1530. The van der Waals surface area contributed by atoms with Crippen LogP contribution >= 0.6 is 23.2 Å². The van der Waals surface area contributed by atoms with Crippen LogP contribution in [0.1, 0.15) is 24.0 Å². The van der Waals surface area contributed by atoms with Gasteiger partial charge in [-0.3, -0.25) is 4.79 Å². The summed E-state index contributed by atoms with van der Waals surface area (Å²) in [6, 6.07) is 19.1. The smallest absolute Gasteiger partial charge is 0.227 e. The van der Waals surface area contributed by atoms with Gasteiger partial charge in [0.15, 0.2) is 11.5 Å². The number of halogens is 2. The summed E-state index contributed by atoms with van der Waals surface area (Å²) in [6.07, 6.45) is 1.89. The normalized spacial score (nSPS) is 14.7. The van der Waals surface area contributed by atoms with Crippen molar-refractivity contribution in [1.29, 1.82) is 0 Å². The molecule has 1 aliphatic rings. The topological polar surface area (TPSA) is 103 Å². The number of aromatic nitrogens is 2. The van der Waals surface area contributed by atoms with E-state index in [1.165, 1.54) is 0 Å². The van der Waals surface area contributed by atoms with E-state index in [4.69, 9.17) is 43.4 Å². The molecule has 4 aromatic rings. The van der Waals surface area contributed by atoms with E-state index in [1.807, 2.05) is 24.3 Å². The fraction of sp³-hybridized carbons (Fsp3) is 0.300. The summed E-state index contributed by atoms with van der Waals surface area (Å²) in [4.78, 5) is 25.3. The molecule has 5 rings (SSSR count). The summed E-state index contributed by atoms with van der Waals surface area (Å²) < 4.78 is 10.9. The molecule has 0 atom stereocenters. The SMILES string of the molecule is COc1cc2nc(N3CCC(Cc4ccccc4)(C(=O)NCc4ccc(Cl)c(Cl)c4)CC3)nc(N)c2cc1OC. The van der Waals surface area contributed by atoms with Crippen LogP contribution in [0, 0.1) is 5.41 Å². The number of methoxy groups -OCH3 is 2. The number of amides is 1. The number of nitrogens with one attached hydrogen (secondary N) is 1. The van der Waals surface area contributed by atoms with Gasteiger partial charge in [0.2, 0.25) is 11.9 Å². The van der Waals surface area contributed by atoms with Gasteiger partial charge in [0.05, 0.1) is 35.2 Å². The van der Waals surface area contributed by atoms with Gasteiger partial charge in [0.25, 0.3) is 0 Å². The first-order chi connectivity index (χ1) is 19.3. The molecule has 3 aromatic carbocycles. The highest BCUT2D eigenvalue weighted by Crippen LogP contribution is 2.38. The monoisotopic (exact) mass is 579 g/mol. The predicted octanol–water partition coefficient (Wildman–Crippen LogP) is 5.68. The second-order valence-corrected chi connectivity index (χ2v) is 10.8. The summed E-state index contributed by atoms with van der Waals surface area (Å²) in [5, 5.41) is 4.79. The number of rotatable bonds is 8. The Hall–Kier alpha value is -3.75. The minimum Gasteiger partial charge on any atom is -0.493 e. The average Bonchev–Trinajstić information content (AvgIpc) is 2.97. The molecule has 0 unspecified atom stereocenters. The highest BCUT2D eigenvalue weighted by molar-refractivity contribution is 6.42. The van der Waals surface area contributed by atoms with Crippen molar-refractivity contribution in [3.8, 4) is 11.5 Å². The van der Waals surface area contributed by atoms with Crippen molar-refractivity contribution >= 4 is 51.8 Å². The van der Waals surface area contributed by atoms with E-state index in [0.717, 1.165) is 11.1 Å². The van der Waals surface area contributed by atoms with Gasteiger partial charge in [-0.2, -0.15) is 4.98 Å². The largest absolute Gasteiger partial charge is 0.493 e. The number of hydrogen-bond acceptors (Lipinski definition) is 7. The first-order valence-corrected chi connectivity index (χ1v) is 13.8. The third kappa shape index (κ3) is 5.74. The third-order valence-electron chi connectivity index (χ3n) is 7.53. The molecule has 3 N–H and O–H groups in total. The number of fused-ring (bicyclic) bond motifs is 1. The molecule has 0 saturated carbocycles. The van der Waals surface area contributed by atoms with E-state index in [9.17, 15) is 4.79 Å². The fourth-order valence-electron chi connectivity index (χ4n) is 5.23. The van der Waals surface area contributed by atoms with Gasteiger partial charge in [-0.1, -0.05) is 59.6 Å². The van der Waals surface area contributed by atoms with Gasteiger partial charge in [0.1, 0.15) is 5.82 Å². The molecule has 8 nitrogen and oxygen atoms in total. The van der Waals surface area contributed by atoms with Gasteiger partial charge in [0, 0.05) is 31.1 Å².